The third-order valence-electron chi connectivity index (χ3n) is 6.18. The molecule has 0 N–H and O–H groups in total. The number of aromatic nitrogens is 2. The minimum absolute atomic E-state index is 0.0960. The molecule has 0 unspecified atom stereocenters. The summed E-state index contributed by atoms with van der Waals surface area (Å²) in [5.41, 5.74) is 4.43. The average Bonchev–Trinajstić information content (AvgIpc) is 2.78. The highest BCUT2D eigenvalue weighted by molar-refractivity contribution is 8.00. The Morgan fingerprint density at radius 3 is 2.77 bits per heavy atom. The van der Waals surface area contributed by atoms with E-state index >= 15 is 0 Å². The minimum Gasteiger partial charge on any atom is -0.311 e. The van der Waals surface area contributed by atoms with Gasteiger partial charge in [-0.1, -0.05) is 30.0 Å². The van der Waals surface area contributed by atoms with Gasteiger partial charge >= 0.3 is 5.69 Å². The summed E-state index contributed by atoms with van der Waals surface area (Å²) >= 11 is 1.44. The van der Waals surface area contributed by atoms with E-state index in [0.717, 1.165) is 74.4 Å². The van der Waals surface area contributed by atoms with Crippen LogP contribution in [0.4, 0.5) is 5.69 Å². The van der Waals surface area contributed by atoms with Gasteiger partial charge in [0.25, 0.3) is 0 Å². The Morgan fingerprint density at radius 1 is 1.13 bits per heavy atom. The molecule has 2 heterocycles. The first-order valence-electron chi connectivity index (χ1n) is 11.3. The lowest BCUT2D eigenvalue weighted by atomic mass is 9.97. The molecule has 7 heteroatoms. The van der Waals surface area contributed by atoms with Crippen LogP contribution in [0.5, 0.6) is 0 Å². The van der Waals surface area contributed by atoms with Crippen LogP contribution in [0.1, 0.15) is 42.5 Å². The lowest BCUT2D eigenvalue weighted by Gasteiger charge is -2.29. The molecule has 0 bridgehead atoms. The van der Waals surface area contributed by atoms with Crippen LogP contribution in [0.2, 0.25) is 0 Å². The Morgan fingerprint density at radius 2 is 1.94 bits per heavy atom. The quantitative estimate of drug-likeness (QED) is 0.489. The number of hydrogen-bond acceptors (Lipinski definition) is 5. The standard InChI is InChI=1S/C24H32N4O2S/c1-26(2)14-8-16-28-21-13-6-4-11-19(21)23(25-24(28)30)31-17-22(29)27-15-7-10-18-9-3-5-12-20(18)27/h3,5,9,12H,4,6-8,10-11,13-17H2,1-2H3. The highest BCUT2D eigenvalue weighted by Crippen LogP contribution is 2.31. The van der Waals surface area contributed by atoms with Gasteiger partial charge in [-0.15, -0.1) is 0 Å². The van der Waals surface area contributed by atoms with Gasteiger partial charge in [-0.3, -0.25) is 9.36 Å². The molecule has 1 amide bonds. The Hall–Kier alpha value is -2.12. The number of aryl methyl sites for hydroxylation is 1. The van der Waals surface area contributed by atoms with E-state index in [-0.39, 0.29) is 11.6 Å². The van der Waals surface area contributed by atoms with Crippen molar-refractivity contribution in [3.05, 3.63) is 51.6 Å². The van der Waals surface area contributed by atoms with Crippen LogP contribution in [0, 0.1) is 0 Å². The first-order valence-corrected chi connectivity index (χ1v) is 12.3. The predicted octanol–water partition coefficient (Wildman–Crippen LogP) is 3.15. The lowest BCUT2D eigenvalue weighted by molar-refractivity contribution is -0.116. The van der Waals surface area contributed by atoms with Gasteiger partial charge in [0.1, 0.15) is 5.03 Å². The monoisotopic (exact) mass is 440 g/mol. The van der Waals surface area contributed by atoms with Crippen LogP contribution in [0.25, 0.3) is 0 Å². The number of benzene rings is 1. The van der Waals surface area contributed by atoms with Crippen molar-refractivity contribution in [2.45, 2.75) is 56.5 Å². The summed E-state index contributed by atoms with van der Waals surface area (Å²) in [5, 5.41) is 0.766. The van der Waals surface area contributed by atoms with Crippen LogP contribution in [-0.2, 0) is 30.6 Å². The van der Waals surface area contributed by atoms with E-state index < -0.39 is 0 Å². The van der Waals surface area contributed by atoms with Gasteiger partial charge in [-0.25, -0.2) is 4.79 Å². The van der Waals surface area contributed by atoms with Gasteiger partial charge in [-0.05, 0) is 77.2 Å². The fraction of sp³-hybridized carbons (Fsp3) is 0.542. The molecule has 1 aromatic heterocycles. The molecule has 0 radical (unpaired) electrons. The molecule has 0 atom stereocenters. The number of anilines is 1. The molecule has 0 spiro atoms. The van der Waals surface area contributed by atoms with Gasteiger partial charge in [0.2, 0.25) is 5.91 Å². The first kappa shape index (κ1) is 22.1. The maximum absolute atomic E-state index is 13.0. The van der Waals surface area contributed by atoms with Gasteiger partial charge in [-0.2, -0.15) is 4.98 Å². The molecule has 2 aliphatic rings. The van der Waals surface area contributed by atoms with E-state index in [0.29, 0.717) is 12.3 Å². The highest BCUT2D eigenvalue weighted by Gasteiger charge is 2.24. The molecule has 166 valence electrons. The van der Waals surface area contributed by atoms with E-state index in [9.17, 15) is 9.59 Å². The summed E-state index contributed by atoms with van der Waals surface area (Å²) in [5.74, 6) is 0.413. The largest absolute Gasteiger partial charge is 0.348 e. The van der Waals surface area contributed by atoms with Crippen molar-refractivity contribution in [3.8, 4) is 0 Å². The van der Waals surface area contributed by atoms with Crippen molar-refractivity contribution >= 4 is 23.4 Å². The van der Waals surface area contributed by atoms with Gasteiger partial charge in [0, 0.05) is 30.0 Å². The Balaban J connectivity index is 1.51. The fourth-order valence-corrected chi connectivity index (χ4v) is 5.60. The second kappa shape index (κ2) is 10.0. The number of rotatable bonds is 7. The maximum Gasteiger partial charge on any atom is 0.348 e. The minimum atomic E-state index is -0.169. The van der Waals surface area contributed by atoms with Gasteiger partial charge < -0.3 is 9.80 Å². The van der Waals surface area contributed by atoms with Crippen LogP contribution < -0.4 is 10.6 Å². The highest BCUT2D eigenvalue weighted by atomic mass is 32.2. The number of carbonyl (C=O) groups excluding carboxylic acids is 1. The van der Waals surface area contributed by atoms with E-state index in [1.807, 2.05) is 41.8 Å². The Kier molecular flexibility index (Phi) is 7.13. The molecular formula is C24H32N4O2S. The van der Waals surface area contributed by atoms with Crippen LogP contribution in [-0.4, -0.2) is 53.3 Å². The number of carbonyl (C=O) groups is 1. The fourth-order valence-electron chi connectivity index (χ4n) is 4.64. The SMILES string of the molecule is CN(C)CCCn1c2c(c(SCC(=O)N3CCCc4ccccc43)nc1=O)CCCC2. The molecule has 31 heavy (non-hydrogen) atoms. The molecule has 1 aromatic carbocycles. The van der Waals surface area contributed by atoms with Crippen molar-refractivity contribution in [2.24, 2.45) is 0 Å². The lowest BCUT2D eigenvalue weighted by Crippen LogP contribution is -2.37. The third-order valence-corrected chi connectivity index (χ3v) is 7.18. The smallest absolute Gasteiger partial charge is 0.311 e. The van der Waals surface area contributed by atoms with Crippen LogP contribution in [0.15, 0.2) is 34.1 Å². The van der Waals surface area contributed by atoms with Crippen molar-refractivity contribution < 1.29 is 4.79 Å². The third kappa shape index (κ3) is 5.04. The maximum atomic E-state index is 13.0. The van der Waals surface area contributed by atoms with E-state index in [4.69, 9.17) is 0 Å². The molecule has 0 saturated carbocycles. The predicted molar refractivity (Wildman–Crippen MR) is 126 cm³/mol. The number of fused-ring (bicyclic) bond motifs is 2. The number of thioether (sulfide) groups is 1. The Labute approximate surface area is 188 Å². The average molecular weight is 441 g/mol. The number of amides is 1. The van der Waals surface area contributed by atoms with Crippen molar-refractivity contribution in [1.82, 2.24) is 14.5 Å². The van der Waals surface area contributed by atoms with Gasteiger partial charge in [0.15, 0.2) is 0 Å². The zero-order chi connectivity index (χ0) is 21.8. The van der Waals surface area contributed by atoms with Gasteiger partial charge in [0.05, 0.1) is 5.75 Å². The molecule has 1 aliphatic heterocycles. The van der Waals surface area contributed by atoms with Crippen LogP contribution >= 0.6 is 11.8 Å². The molecule has 6 nitrogen and oxygen atoms in total. The second-order valence-electron chi connectivity index (χ2n) is 8.71. The van der Waals surface area contributed by atoms with Crippen molar-refractivity contribution in [3.63, 3.8) is 0 Å². The molecule has 4 rings (SSSR count). The molecule has 1 aliphatic carbocycles. The van der Waals surface area contributed by atoms with Crippen molar-refractivity contribution in [2.75, 3.05) is 37.8 Å². The summed E-state index contributed by atoms with van der Waals surface area (Å²) in [7, 11) is 4.10. The topological polar surface area (TPSA) is 58.4 Å². The molecule has 0 fully saturated rings. The zero-order valence-electron chi connectivity index (χ0n) is 18.6. The summed E-state index contributed by atoms with van der Waals surface area (Å²) in [6, 6.07) is 8.17. The van der Waals surface area contributed by atoms with Crippen molar-refractivity contribution in [1.29, 1.82) is 0 Å². The first-order chi connectivity index (χ1) is 15.0. The van der Waals surface area contributed by atoms with Crippen LogP contribution in [0.3, 0.4) is 0 Å². The molecule has 0 saturated heterocycles. The number of hydrogen-bond donors (Lipinski definition) is 0. The second-order valence-corrected chi connectivity index (χ2v) is 9.67. The van der Waals surface area contributed by atoms with E-state index in [2.05, 4.69) is 16.0 Å². The molecule has 2 aromatic rings. The normalized spacial score (nSPS) is 15.6. The zero-order valence-corrected chi connectivity index (χ0v) is 19.4. The summed E-state index contributed by atoms with van der Waals surface area (Å²) in [4.78, 5) is 34.3. The summed E-state index contributed by atoms with van der Waals surface area (Å²) in [6.07, 6.45) is 7.04. The summed E-state index contributed by atoms with van der Waals surface area (Å²) < 4.78 is 1.88. The Bertz CT molecular complexity index is 1000. The van der Waals surface area contributed by atoms with E-state index in [1.165, 1.54) is 22.9 Å². The summed E-state index contributed by atoms with van der Waals surface area (Å²) in [6.45, 7) is 2.42. The van der Waals surface area contributed by atoms with E-state index in [1.54, 1.807) is 0 Å². The molecular weight excluding hydrogens is 408 g/mol. The number of nitrogens with zero attached hydrogens (tertiary/aromatic N) is 4. The number of para-hydroxylation sites is 1.